The quantitative estimate of drug-likeness (QED) is 0.849. The Morgan fingerprint density at radius 3 is 1.89 bits per heavy atom. The van der Waals surface area contributed by atoms with E-state index in [0.717, 1.165) is 23.3 Å². The molecule has 0 radical (unpaired) electrons. The minimum atomic E-state index is -0.401. The Morgan fingerprint density at radius 2 is 1.42 bits per heavy atom. The lowest BCUT2D eigenvalue weighted by molar-refractivity contribution is -0.122. The van der Waals surface area contributed by atoms with E-state index >= 15 is 0 Å². The maximum atomic E-state index is 13.0. The second kappa shape index (κ2) is 4.05. The van der Waals surface area contributed by atoms with Gasteiger partial charge in [-0.2, -0.15) is 0 Å². The highest BCUT2D eigenvalue weighted by Gasteiger charge is 2.54. The average molecular weight is 260 g/mol. The average Bonchev–Trinajstić information content (AvgIpc) is 2.37. The van der Waals surface area contributed by atoms with Crippen molar-refractivity contribution in [1.29, 1.82) is 0 Å². The van der Waals surface area contributed by atoms with E-state index in [9.17, 15) is 9.50 Å². The molecule has 2 heteroatoms. The maximum Gasteiger partial charge on any atom is 0.123 e. The summed E-state index contributed by atoms with van der Waals surface area (Å²) in [6.45, 7) is 0. The molecule has 1 N–H and O–H groups in total. The predicted molar refractivity (Wildman–Crippen MR) is 72.0 cm³/mol. The van der Waals surface area contributed by atoms with Crippen LogP contribution >= 0.6 is 0 Å². The first-order chi connectivity index (χ1) is 9.14. The zero-order chi connectivity index (χ0) is 13.0. The van der Waals surface area contributed by atoms with Gasteiger partial charge in [-0.15, -0.1) is 0 Å². The molecule has 4 bridgehead atoms. The van der Waals surface area contributed by atoms with Gasteiger partial charge in [0.2, 0.25) is 0 Å². The van der Waals surface area contributed by atoms with Crippen molar-refractivity contribution in [2.75, 3.05) is 0 Å². The molecule has 102 valence electrons. The molecule has 4 aliphatic rings. The van der Waals surface area contributed by atoms with Crippen molar-refractivity contribution < 1.29 is 9.50 Å². The topological polar surface area (TPSA) is 20.2 Å². The van der Waals surface area contributed by atoms with E-state index in [1.165, 1.54) is 50.7 Å². The lowest BCUT2D eigenvalue weighted by Gasteiger charge is -2.58. The molecule has 4 fully saturated rings. The molecule has 0 aromatic heterocycles. The fraction of sp³-hybridized carbons (Fsp3) is 0.647. The van der Waals surface area contributed by atoms with E-state index in [2.05, 4.69) is 0 Å². The van der Waals surface area contributed by atoms with Crippen LogP contribution in [0.25, 0.3) is 0 Å². The molecule has 1 atom stereocenters. The zero-order valence-electron chi connectivity index (χ0n) is 11.2. The van der Waals surface area contributed by atoms with Crippen molar-refractivity contribution in [2.24, 2.45) is 23.2 Å². The van der Waals surface area contributed by atoms with Crippen LogP contribution in [0.1, 0.15) is 50.2 Å². The first-order valence-electron chi connectivity index (χ1n) is 7.58. The Kier molecular flexibility index (Phi) is 2.54. The summed E-state index contributed by atoms with van der Waals surface area (Å²) in [5.41, 5.74) is 0.996. The minimum absolute atomic E-state index is 0.0899. The summed E-state index contributed by atoms with van der Waals surface area (Å²) in [5.74, 6) is 2.28. The van der Waals surface area contributed by atoms with E-state index in [0.29, 0.717) is 0 Å². The molecule has 5 rings (SSSR count). The third-order valence-corrected chi connectivity index (χ3v) is 5.85. The first kappa shape index (κ1) is 11.9. The molecule has 0 saturated heterocycles. The van der Waals surface area contributed by atoms with Crippen LogP contribution in [0.3, 0.4) is 0 Å². The molecule has 1 nitrogen and oxygen atoms in total. The number of hydrogen-bond acceptors (Lipinski definition) is 1. The van der Waals surface area contributed by atoms with Gasteiger partial charge in [-0.25, -0.2) is 4.39 Å². The first-order valence-corrected chi connectivity index (χ1v) is 7.58. The van der Waals surface area contributed by atoms with Crippen LogP contribution in [0, 0.1) is 29.0 Å². The van der Waals surface area contributed by atoms with Crippen molar-refractivity contribution in [1.82, 2.24) is 0 Å². The van der Waals surface area contributed by atoms with E-state index in [1.54, 1.807) is 12.1 Å². The molecule has 0 spiro atoms. The standard InChI is InChI=1S/C17H21FO/c18-15-3-1-14(2-4-15)16(19)17-8-11-5-12(9-17)7-13(6-11)10-17/h1-4,11-13,16,19H,5-10H2. The lowest BCUT2D eigenvalue weighted by Crippen LogP contribution is -2.48. The monoisotopic (exact) mass is 260 g/mol. The molecule has 0 heterocycles. The number of hydrogen-bond donors (Lipinski definition) is 1. The van der Waals surface area contributed by atoms with E-state index in [-0.39, 0.29) is 11.2 Å². The van der Waals surface area contributed by atoms with E-state index < -0.39 is 6.10 Å². The van der Waals surface area contributed by atoms with Crippen LogP contribution in [0.2, 0.25) is 0 Å². The Balaban J connectivity index is 1.65. The zero-order valence-corrected chi connectivity index (χ0v) is 11.2. The van der Waals surface area contributed by atoms with E-state index in [1.807, 2.05) is 0 Å². The number of aliphatic hydroxyl groups excluding tert-OH is 1. The van der Waals surface area contributed by atoms with Crippen molar-refractivity contribution in [2.45, 2.75) is 44.6 Å². The van der Waals surface area contributed by atoms with Crippen molar-refractivity contribution in [3.8, 4) is 0 Å². The Labute approximate surface area is 113 Å². The van der Waals surface area contributed by atoms with Gasteiger partial charge in [0.15, 0.2) is 0 Å². The highest BCUT2D eigenvalue weighted by molar-refractivity contribution is 5.22. The number of benzene rings is 1. The fourth-order valence-corrected chi connectivity index (χ4v) is 5.51. The summed E-state index contributed by atoms with van der Waals surface area (Å²) in [7, 11) is 0. The maximum absolute atomic E-state index is 13.0. The second-order valence-corrected chi connectivity index (χ2v) is 7.23. The van der Waals surface area contributed by atoms with Crippen LogP contribution in [-0.2, 0) is 0 Å². The van der Waals surface area contributed by atoms with Crippen LogP contribution in [0.5, 0.6) is 0 Å². The van der Waals surface area contributed by atoms with Crippen LogP contribution in [0.4, 0.5) is 4.39 Å². The summed E-state index contributed by atoms with van der Waals surface area (Å²) in [6.07, 6.45) is 7.29. The van der Waals surface area contributed by atoms with E-state index in [4.69, 9.17) is 0 Å². The normalized spacial score (nSPS) is 41.5. The Morgan fingerprint density at radius 1 is 0.947 bits per heavy atom. The largest absolute Gasteiger partial charge is 0.388 e. The molecular weight excluding hydrogens is 239 g/mol. The third kappa shape index (κ3) is 1.84. The number of aliphatic hydroxyl groups is 1. The SMILES string of the molecule is OC(c1ccc(F)cc1)C12CC3CC(CC(C3)C1)C2. The van der Waals surface area contributed by atoms with Crippen LogP contribution in [0.15, 0.2) is 24.3 Å². The molecule has 1 aromatic carbocycles. The Bertz CT molecular complexity index is 443. The molecule has 4 aliphatic carbocycles. The molecular formula is C17H21FO. The summed E-state index contributed by atoms with van der Waals surface area (Å²) < 4.78 is 13.0. The van der Waals surface area contributed by atoms with Gasteiger partial charge in [-0.1, -0.05) is 12.1 Å². The van der Waals surface area contributed by atoms with Gasteiger partial charge in [0, 0.05) is 5.41 Å². The molecule has 0 aliphatic heterocycles. The predicted octanol–water partition coefficient (Wildman–Crippen LogP) is 4.08. The summed E-state index contributed by atoms with van der Waals surface area (Å²) in [4.78, 5) is 0. The van der Waals surface area contributed by atoms with Gasteiger partial charge in [0.25, 0.3) is 0 Å². The molecule has 19 heavy (non-hydrogen) atoms. The van der Waals surface area contributed by atoms with Crippen LogP contribution < -0.4 is 0 Å². The second-order valence-electron chi connectivity index (χ2n) is 7.23. The van der Waals surface area contributed by atoms with Gasteiger partial charge < -0.3 is 5.11 Å². The molecule has 0 amide bonds. The molecule has 1 unspecified atom stereocenters. The van der Waals surface area contributed by atoms with Gasteiger partial charge >= 0.3 is 0 Å². The van der Waals surface area contributed by atoms with Crippen molar-refractivity contribution >= 4 is 0 Å². The Hall–Kier alpha value is -0.890. The van der Waals surface area contributed by atoms with Crippen LogP contribution in [-0.4, -0.2) is 5.11 Å². The summed E-state index contributed by atoms with van der Waals surface area (Å²) in [6, 6.07) is 6.47. The minimum Gasteiger partial charge on any atom is -0.388 e. The van der Waals surface area contributed by atoms with Gasteiger partial charge in [0.05, 0.1) is 6.10 Å². The third-order valence-electron chi connectivity index (χ3n) is 5.85. The highest BCUT2D eigenvalue weighted by Crippen LogP contribution is 2.63. The molecule has 4 saturated carbocycles. The van der Waals surface area contributed by atoms with Gasteiger partial charge in [-0.3, -0.25) is 0 Å². The molecule has 1 aromatic rings. The summed E-state index contributed by atoms with van der Waals surface area (Å²) >= 11 is 0. The number of halogens is 1. The van der Waals surface area contributed by atoms with Gasteiger partial charge in [-0.05, 0) is 74.0 Å². The van der Waals surface area contributed by atoms with Crippen molar-refractivity contribution in [3.63, 3.8) is 0 Å². The fourth-order valence-electron chi connectivity index (χ4n) is 5.51. The van der Waals surface area contributed by atoms with Crippen molar-refractivity contribution in [3.05, 3.63) is 35.6 Å². The number of rotatable bonds is 2. The smallest absolute Gasteiger partial charge is 0.123 e. The lowest BCUT2D eigenvalue weighted by atomic mass is 9.47. The van der Waals surface area contributed by atoms with Gasteiger partial charge in [0.1, 0.15) is 5.82 Å². The highest BCUT2D eigenvalue weighted by atomic mass is 19.1. The summed E-state index contributed by atoms with van der Waals surface area (Å²) in [5, 5.41) is 10.9.